The summed E-state index contributed by atoms with van der Waals surface area (Å²) in [7, 11) is 0. The molecule has 0 saturated heterocycles. The SMILES string of the molecule is CC(C)NC(=O)CNC(=O)C[C@H](NC(=O)c1ccccc1)c1ccccc1. The van der Waals surface area contributed by atoms with Gasteiger partial charge in [0.1, 0.15) is 0 Å². The van der Waals surface area contributed by atoms with Gasteiger partial charge >= 0.3 is 0 Å². The maximum Gasteiger partial charge on any atom is 0.251 e. The van der Waals surface area contributed by atoms with E-state index < -0.39 is 6.04 Å². The van der Waals surface area contributed by atoms with Gasteiger partial charge in [-0.2, -0.15) is 0 Å². The molecule has 0 fully saturated rings. The molecule has 0 aliphatic rings. The van der Waals surface area contributed by atoms with Crippen LogP contribution in [0.1, 0.15) is 42.2 Å². The first-order valence-corrected chi connectivity index (χ1v) is 8.92. The fourth-order valence-corrected chi connectivity index (χ4v) is 2.58. The van der Waals surface area contributed by atoms with Gasteiger partial charge in [0.05, 0.1) is 19.0 Å². The number of carbonyl (C=O) groups is 3. The Kier molecular flexibility index (Phi) is 7.55. The highest BCUT2D eigenvalue weighted by Crippen LogP contribution is 2.17. The van der Waals surface area contributed by atoms with Gasteiger partial charge in [-0.15, -0.1) is 0 Å². The molecule has 2 aromatic rings. The van der Waals surface area contributed by atoms with Crippen molar-refractivity contribution < 1.29 is 14.4 Å². The van der Waals surface area contributed by atoms with Crippen molar-refractivity contribution in [3.8, 4) is 0 Å². The van der Waals surface area contributed by atoms with Gasteiger partial charge in [-0.3, -0.25) is 14.4 Å². The number of amides is 3. The maximum atomic E-state index is 12.5. The van der Waals surface area contributed by atoms with Crippen molar-refractivity contribution in [1.29, 1.82) is 0 Å². The average Bonchev–Trinajstić information content (AvgIpc) is 2.66. The third-order valence-corrected chi connectivity index (χ3v) is 3.83. The molecule has 3 N–H and O–H groups in total. The zero-order valence-corrected chi connectivity index (χ0v) is 15.6. The zero-order valence-electron chi connectivity index (χ0n) is 15.6. The molecule has 6 nitrogen and oxygen atoms in total. The van der Waals surface area contributed by atoms with Crippen LogP contribution >= 0.6 is 0 Å². The zero-order chi connectivity index (χ0) is 19.6. The molecule has 0 saturated carbocycles. The van der Waals surface area contributed by atoms with Crippen molar-refractivity contribution in [1.82, 2.24) is 16.0 Å². The molecule has 6 heteroatoms. The molecule has 2 aromatic carbocycles. The minimum Gasteiger partial charge on any atom is -0.352 e. The fraction of sp³-hybridized carbons (Fsp3) is 0.286. The molecule has 0 aliphatic carbocycles. The quantitative estimate of drug-likeness (QED) is 0.668. The van der Waals surface area contributed by atoms with E-state index in [-0.39, 0.29) is 36.7 Å². The van der Waals surface area contributed by atoms with E-state index in [2.05, 4.69) is 16.0 Å². The van der Waals surface area contributed by atoms with Gasteiger partial charge in [0.25, 0.3) is 5.91 Å². The highest BCUT2D eigenvalue weighted by atomic mass is 16.2. The highest BCUT2D eigenvalue weighted by Gasteiger charge is 2.19. The van der Waals surface area contributed by atoms with Crippen molar-refractivity contribution in [2.45, 2.75) is 32.4 Å². The Morgan fingerprint density at radius 2 is 1.41 bits per heavy atom. The van der Waals surface area contributed by atoms with E-state index in [4.69, 9.17) is 0 Å². The second-order valence-electron chi connectivity index (χ2n) is 6.51. The molecule has 0 heterocycles. The van der Waals surface area contributed by atoms with E-state index in [0.717, 1.165) is 5.56 Å². The molecule has 0 bridgehead atoms. The molecule has 0 unspecified atom stereocenters. The van der Waals surface area contributed by atoms with Crippen LogP contribution in [-0.2, 0) is 9.59 Å². The molecule has 1 atom stereocenters. The van der Waals surface area contributed by atoms with E-state index in [1.807, 2.05) is 50.2 Å². The van der Waals surface area contributed by atoms with Crippen molar-refractivity contribution in [2.75, 3.05) is 6.54 Å². The predicted octanol–water partition coefficient (Wildman–Crippen LogP) is 2.19. The Morgan fingerprint density at radius 1 is 0.815 bits per heavy atom. The third kappa shape index (κ3) is 6.93. The second kappa shape index (κ2) is 10.1. The normalized spacial score (nSPS) is 11.5. The minimum atomic E-state index is -0.493. The van der Waals surface area contributed by atoms with Crippen LogP contribution in [0.2, 0.25) is 0 Å². The summed E-state index contributed by atoms with van der Waals surface area (Å²) >= 11 is 0. The summed E-state index contributed by atoms with van der Waals surface area (Å²) in [6.07, 6.45) is 0.0392. The number of benzene rings is 2. The van der Waals surface area contributed by atoms with Gasteiger partial charge in [0.15, 0.2) is 0 Å². The van der Waals surface area contributed by atoms with Gasteiger partial charge in [-0.05, 0) is 31.5 Å². The highest BCUT2D eigenvalue weighted by molar-refractivity contribution is 5.94. The molecule has 2 rings (SSSR count). The summed E-state index contributed by atoms with van der Waals surface area (Å²) in [5, 5.41) is 8.21. The van der Waals surface area contributed by atoms with E-state index in [9.17, 15) is 14.4 Å². The van der Waals surface area contributed by atoms with Crippen LogP contribution in [0.5, 0.6) is 0 Å². The molecule has 27 heavy (non-hydrogen) atoms. The van der Waals surface area contributed by atoms with Crippen molar-refractivity contribution in [2.24, 2.45) is 0 Å². The summed E-state index contributed by atoms with van der Waals surface area (Å²) in [6, 6.07) is 17.6. The predicted molar refractivity (Wildman–Crippen MR) is 104 cm³/mol. The lowest BCUT2D eigenvalue weighted by molar-refractivity contribution is -0.126. The first kappa shape index (κ1) is 20.2. The monoisotopic (exact) mass is 367 g/mol. The molecular weight excluding hydrogens is 342 g/mol. The third-order valence-electron chi connectivity index (χ3n) is 3.83. The fourth-order valence-electron chi connectivity index (χ4n) is 2.58. The van der Waals surface area contributed by atoms with Crippen LogP contribution < -0.4 is 16.0 Å². The van der Waals surface area contributed by atoms with Crippen molar-refractivity contribution in [3.05, 3.63) is 71.8 Å². The molecule has 0 radical (unpaired) electrons. The van der Waals surface area contributed by atoms with E-state index in [0.29, 0.717) is 5.56 Å². The summed E-state index contributed by atoms with van der Waals surface area (Å²) in [5.41, 5.74) is 1.35. The Balaban J connectivity index is 2.02. The smallest absolute Gasteiger partial charge is 0.251 e. The topological polar surface area (TPSA) is 87.3 Å². The molecule has 0 aliphatic heterocycles. The average molecular weight is 367 g/mol. The maximum absolute atomic E-state index is 12.5. The summed E-state index contributed by atoms with van der Waals surface area (Å²) in [5.74, 6) is -0.811. The van der Waals surface area contributed by atoms with Crippen LogP contribution in [0.4, 0.5) is 0 Å². The number of nitrogens with one attached hydrogen (secondary N) is 3. The van der Waals surface area contributed by atoms with Gasteiger partial charge in [0, 0.05) is 11.6 Å². The lowest BCUT2D eigenvalue weighted by Gasteiger charge is -2.19. The number of rotatable bonds is 8. The Morgan fingerprint density at radius 3 is 2.00 bits per heavy atom. The molecule has 142 valence electrons. The molecule has 0 aromatic heterocycles. The van der Waals surface area contributed by atoms with Crippen LogP contribution in [-0.4, -0.2) is 30.3 Å². The van der Waals surface area contributed by atoms with Gasteiger partial charge in [-0.1, -0.05) is 48.5 Å². The number of hydrogen-bond acceptors (Lipinski definition) is 3. The van der Waals surface area contributed by atoms with Crippen molar-refractivity contribution >= 4 is 17.7 Å². The van der Waals surface area contributed by atoms with Gasteiger partial charge in [0.2, 0.25) is 11.8 Å². The lowest BCUT2D eigenvalue weighted by Crippen LogP contribution is -2.41. The van der Waals surface area contributed by atoms with Gasteiger partial charge < -0.3 is 16.0 Å². The van der Waals surface area contributed by atoms with Crippen LogP contribution in [0, 0.1) is 0 Å². The first-order chi connectivity index (χ1) is 13.0. The van der Waals surface area contributed by atoms with E-state index >= 15 is 0 Å². The number of hydrogen-bond donors (Lipinski definition) is 3. The number of carbonyl (C=O) groups excluding carboxylic acids is 3. The molecule has 3 amide bonds. The summed E-state index contributed by atoms with van der Waals surface area (Å²) < 4.78 is 0. The Hall–Kier alpha value is -3.15. The largest absolute Gasteiger partial charge is 0.352 e. The lowest BCUT2D eigenvalue weighted by atomic mass is 10.0. The van der Waals surface area contributed by atoms with Gasteiger partial charge in [-0.25, -0.2) is 0 Å². The standard InChI is InChI=1S/C21H25N3O3/c1-15(2)23-20(26)14-22-19(25)13-18(16-9-5-3-6-10-16)24-21(27)17-11-7-4-8-12-17/h3-12,15,18H,13-14H2,1-2H3,(H,22,25)(H,23,26)(H,24,27)/t18-/m0/s1. The Bertz CT molecular complexity index is 761. The van der Waals surface area contributed by atoms with Crippen LogP contribution in [0.15, 0.2) is 60.7 Å². The van der Waals surface area contributed by atoms with Crippen molar-refractivity contribution in [3.63, 3.8) is 0 Å². The minimum absolute atomic E-state index is 0.0108. The van der Waals surface area contributed by atoms with E-state index in [1.165, 1.54) is 0 Å². The Labute approximate surface area is 159 Å². The van der Waals surface area contributed by atoms with Crippen LogP contribution in [0.3, 0.4) is 0 Å². The molecule has 0 spiro atoms. The summed E-state index contributed by atoms with van der Waals surface area (Å²) in [4.78, 5) is 36.5. The second-order valence-corrected chi connectivity index (χ2v) is 6.51. The first-order valence-electron chi connectivity index (χ1n) is 8.92. The van der Waals surface area contributed by atoms with Crippen LogP contribution in [0.25, 0.3) is 0 Å². The molecular formula is C21H25N3O3. The van der Waals surface area contributed by atoms with E-state index in [1.54, 1.807) is 24.3 Å². The summed E-state index contributed by atoms with van der Waals surface area (Å²) in [6.45, 7) is 3.61.